The van der Waals surface area contributed by atoms with Gasteiger partial charge in [-0.15, -0.1) is 12.4 Å². The third-order valence-electron chi connectivity index (χ3n) is 10.2. The van der Waals surface area contributed by atoms with Crippen LogP contribution in [0.4, 0.5) is 17.2 Å². The Bertz CT molecular complexity index is 1930. The highest BCUT2D eigenvalue weighted by atomic mass is 35.5. The zero-order valence-electron chi connectivity index (χ0n) is 31.6. The molecule has 1 aromatic carbocycles. The molecule has 5 N–H and O–H groups in total. The number of ketones is 2. The number of rotatable bonds is 11. The number of benzene rings is 1. The number of allylic oxidation sites excluding steroid dienone is 1. The number of aliphatic imine (C=N–C) groups is 1. The fourth-order valence-corrected chi connectivity index (χ4v) is 6.98. The molecule has 0 unspecified atom stereocenters. The van der Waals surface area contributed by atoms with Crippen molar-refractivity contribution in [1.82, 2.24) is 24.6 Å². The number of piperidine rings is 1. The standard InChI is InChI=1S/C28H37N7O2.C12H13N3O2.ClH/c1-3-11-35(12-4-2)28(37)21-15-19-5-6-20(16-24(19)33-25(30)17-21)27(36)32-23-7-8-26(31-18-23)34-13-9-22(29)10-14-34;16-9-7-8(13-1-2-13)12(17)11(15-5-6-15)10(9)14-3-4-14;/h5-8,15-16,18,22H,3-4,9-14,17,29H2,1-2H3,(H2,30,33)(H,32,36);7H,1-6H2;1H. The van der Waals surface area contributed by atoms with E-state index in [0.29, 0.717) is 58.5 Å². The second kappa shape index (κ2) is 17.1. The van der Waals surface area contributed by atoms with Crippen LogP contribution in [-0.2, 0) is 14.4 Å². The molecule has 1 aromatic heterocycles. The van der Waals surface area contributed by atoms with Crippen molar-refractivity contribution < 1.29 is 19.2 Å². The lowest BCUT2D eigenvalue weighted by molar-refractivity contribution is -0.127. The summed E-state index contributed by atoms with van der Waals surface area (Å²) >= 11 is 0. The smallest absolute Gasteiger partial charge is 0.255 e. The Balaban J connectivity index is 0.000000236. The number of fused-ring (bicyclic) bond motifs is 1. The molecule has 0 spiro atoms. The molecule has 4 saturated heterocycles. The van der Waals surface area contributed by atoms with Gasteiger partial charge in [0.2, 0.25) is 17.5 Å². The van der Waals surface area contributed by atoms with Crippen LogP contribution in [0.15, 0.2) is 70.3 Å². The van der Waals surface area contributed by atoms with Gasteiger partial charge in [-0.2, -0.15) is 0 Å². The van der Waals surface area contributed by atoms with E-state index in [9.17, 15) is 19.2 Å². The molecule has 2 aromatic rings. The third-order valence-corrected chi connectivity index (χ3v) is 10.2. The molecule has 0 atom stereocenters. The summed E-state index contributed by atoms with van der Waals surface area (Å²) in [5.74, 6) is 1.000. The normalized spacial score (nSPS) is 18.9. The minimum atomic E-state index is -0.267. The van der Waals surface area contributed by atoms with E-state index in [0.717, 1.165) is 89.4 Å². The van der Waals surface area contributed by atoms with Crippen molar-refractivity contribution in [3.05, 3.63) is 76.4 Å². The summed E-state index contributed by atoms with van der Waals surface area (Å²) < 4.78 is 0. The minimum Gasteiger partial charge on any atom is -0.387 e. The van der Waals surface area contributed by atoms with Crippen molar-refractivity contribution in [1.29, 1.82) is 0 Å². The molecule has 5 aliphatic heterocycles. The first kappa shape index (κ1) is 39.5. The van der Waals surface area contributed by atoms with Crippen molar-refractivity contribution in [3.63, 3.8) is 0 Å². The topological polar surface area (TPSA) is 173 Å². The van der Waals surface area contributed by atoms with E-state index in [4.69, 9.17) is 11.5 Å². The van der Waals surface area contributed by atoms with Gasteiger partial charge in [0.25, 0.3) is 5.91 Å². The molecule has 0 radical (unpaired) electrons. The molecule has 292 valence electrons. The largest absolute Gasteiger partial charge is 0.387 e. The molecule has 1 aliphatic carbocycles. The van der Waals surface area contributed by atoms with Gasteiger partial charge in [-0.1, -0.05) is 19.9 Å². The molecule has 4 fully saturated rings. The van der Waals surface area contributed by atoms with Crippen molar-refractivity contribution in [2.75, 3.05) is 75.7 Å². The fraction of sp³-hybridized carbons (Fsp3) is 0.450. The van der Waals surface area contributed by atoms with Crippen LogP contribution in [0.3, 0.4) is 0 Å². The second-order valence-corrected chi connectivity index (χ2v) is 14.6. The van der Waals surface area contributed by atoms with Gasteiger partial charge < -0.3 is 41.3 Å². The minimum absolute atomic E-state index is 0. The fourth-order valence-electron chi connectivity index (χ4n) is 6.98. The van der Waals surface area contributed by atoms with Gasteiger partial charge in [-0.25, -0.2) is 9.98 Å². The monoisotopic (exact) mass is 770 g/mol. The summed E-state index contributed by atoms with van der Waals surface area (Å²) in [6, 6.07) is 9.28. The average Bonchev–Trinajstić information content (AvgIpc) is 4.00. The number of hydrogen-bond donors (Lipinski definition) is 3. The lowest BCUT2D eigenvalue weighted by Gasteiger charge is -2.31. The molecule has 0 bridgehead atoms. The summed E-state index contributed by atoms with van der Waals surface area (Å²) in [6.45, 7) is 12.7. The predicted molar refractivity (Wildman–Crippen MR) is 216 cm³/mol. The van der Waals surface area contributed by atoms with E-state index in [-0.39, 0.29) is 48.3 Å². The van der Waals surface area contributed by atoms with Crippen molar-refractivity contribution in [3.8, 4) is 0 Å². The van der Waals surface area contributed by atoms with Crippen LogP contribution in [0.2, 0.25) is 0 Å². The molecule has 2 amide bonds. The number of Topliss-reactive ketones (excluding diaryl/α,β-unsaturated/α-hetero) is 1. The van der Waals surface area contributed by atoms with Crippen LogP contribution in [0.5, 0.6) is 0 Å². The first-order valence-corrected chi connectivity index (χ1v) is 19.2. The number of aromatic nitrogens is 1. The highest BCUT2D eigenvalue weighted by molar-refractivity contribution is 6.22. The van der Waals surface area contributed by atoms with Gasteiger partial charge in [0.1, 0.15) is 23.0 Å². The zero-order chi connectivity index (χ0) is 37.9. The Morgan fingerprint density at radius 1 is 0.855 bits per heavy atom. The van der Waals surface area contributed by atoms with E-state index in [1.165, 1.54) is 6.08 Å². The summed E-state index contributed by atoms with van der Waals surface area (Å²) in [7, 11) is 0. The Kier molecular flexibility index (Phi) is 12.3. The number of hydrogen-bond acceptors (Lipinski definition) is 12. The second-order valence-electron chi connectivity index (χ2n) is 14.6. The number of nitrogens with zero attached hydrogens (tertiary/aromatic N) is 7. The molecular weight excluding hydrogens is 720 g/mol. The number of nitrogens with two attached hydrogens (primary N) is 2. The van der Waals surface area contributed by atoms with Crippen LogP contribution < -0.4 is 21.7 Å². The number of carbonyl (C=O) groups excluding carboxylic acids is 4. The summed E-state index contributed by atoms with van der Waals surface area (Å²) in [5, 5.41) is 2.90. The SMILES string of the molecule is CCCN(CCC)C(=O)C1=Cc2ccc(C(=O)Nc3ccc(N4CCC(N)CC4)nc3)cc2N=C(N)C1.Cl.O=C1C=C(N2CC2)C(=O)C(N2CC2)=C1N1CC1. The van der Waals surface area contributed by atoms with Gasteiger partial charge in [0.15, 0.2) is 0 Å². The zero-order valence-corrected chi connectivity index (χ0v) is 32.4. The van der Waals surface area contributed by atoms with E-state index in [1.807, 2.05) is 43.9 Å². The molecule has 6 heterocycles. The predicted octanol–water partition coefficient (Wildman–Crippen LogP) is 3.29. The van der Waals surface area contributed by atoms with Crippen molar-refractivity contribution in [2.45, 2.75) is 52.0 Å². The highest BCUT2D eigenvalue weighted by Gasteiger charge is 2.43. The lowest BCUT2D eigenvalue weighted by Crippen LogP contribution is -2.40. The van der Waals surface area contributed by atoms with Gasteiger partial charge in [-0.05, 0) is 56.0 Å². The van der Waals surface area contributed by atoms with Gasteiger partial charge in [0.05, 0.1) is 23.3 Å². The van der Waals surface area contributed by atoms with Crippen LogP contribution in [0.25, 0.3) is 6.08 Å². The number of halogens is 1. The lowest BCUT2D eigenvalue weighted by atomic mass is 10.0. The van der Waals surface area contributed by atoms with Crippen molar-refractivity contribution in [2.24, 2.45) is 16.5 Å². The summed E-state index contributed by atoms with van der Waals surface area (Å²) in [5.41, 5.74) is 17.1. The molecule has 0 saturated carbocycles. The highest BCUT2D eigenvalue weighted by Crippen LogP contribution is 2.34. The van der Waals surface area contributed by atoms with Gasteiger partial charge in [-0.3, -0.25) is 19.2 Å². The maximum atomic E-state index is 13.2. The maximum Gasteiger partial charge on any atom is 0.255 e. The Morgan fingerprint density at radius 3 is 2.11 bits per heavy atom. The van der Waals surface area contributed by atoms with Crippen LogP contribution in [0, 0.1) is 0 Å². The number of amides is 2. The van der Waals surface area contributed by atoms with Crippen LogP contribution in [0.1, 0.15) is 61.9 Å². The molecule has 15 heteroatoms. The number of nitrogens with one attached hydrogen (secondary N) is 1. The quantitative estimate of drug-likeness (QED) is 0.226. The number of anilines is 2. The average molecular weight is 771 g/mol. The Labute approximate surface area is 328 Å². The number of carbonyl (C=O) groups is 4. The van der Waals surface area contributed by atoms with Crippen LogP contribution >= 0.6 is 12.4 Å². The van der Waals surface area contributed by atoms with Gasteiger partial charge >= 0.3 is 0 Å². The summed E-state index contributed by atoms with van der Waals surface area (Å²) in [4.78, 5) is 69.7. The maximum absolute atomic E-state index is 13.2. The van der Waals surface area contributed by atoms with E-state index in [1.54, 1.807) is 18.3 Å². The van der Waals surface area contributed by atoms with Crippen LogP contribution in [-0.4, -0.2) is 125 Å². The van der Waals surface area contributed by atoms with Gasteiger partial charge in [0, 0.05) is 101 Å². The van der Waals surface area contributed by atoms with Crippen molar-refractivity contribution >= 4 is 64.9 Å². The first-order valence-electron chi connectivity index (χ1n) is 19.2. The number of pyridine rings is 1. The third kappa shape index (κ3) is 9.37. The van der Waals surface area contributed by atoms with E-state index < -0.39 is 0 Å². The molecular formula is C40H51ClN10O4. The molecule has 55 heavy (non-hydrogen) atoms. The van der Waals surface area contributed by atoms with E-state index in [2.05, 4.69) is 34.0 Å². The molecule has 6 aliphatic rings. The molecule has 8 rings (SSSR count). The Morgan fingerprint density at radius 2 is 1.51 bits per heavy atom. The first-order chi connectivity index (χ1) is 26.1. The number of amidine groups is 1. The van der Waals surface area contributed by atoms with E-state index >= 15 is 0 Å². The Hall–Kier alpha value is -5.21. The summed E-state index contributed by atoms with van der Waals surface area (Å²) in [6.07, 6.45) is 9.00. The molecule has 14 nitrogen and oxygen atoms in total.